The van der Waals surface area contributed by atoms with Gasteiger partial charge in [0.25, 0.3) is 0 Å². The standard InChI is InChI=1S/C21H24N6O4/c1-21(2)30-19(17(24-26-22)13-28-15-9-5-3-6-10-15)20(31-21)18(25-27-23)14-29-16-11-7-4-8-12-16/h3-12,17-20H,13-14H2,1-2H3/t17-,18-,19-,20-/m1/s1. The first-order valence-corrected chi connectivity index (χ1v) is 9.82. The van der Waals surface area contributed by atoms with Crippen molar-refractivity contribution in [1.82, 2.24) is 0 Å². The fraction of sp³-hybridized carbons (Fsp3) is 0.429. The van der Waals surface area contributed by atoms with E-state index in [1.807, 2.05) is 36.4 Å². The number of ether oxygens (including phenoxy) is 4. The van der Waals surface area contributed by atoms with Gasteiger partial charge in [-0.3, -0.25) is 0 Å². The van der Waals surface area contributed by atoms with E-state index in [1.54, 1.807) is 38.1 Å². The van der Waals surface area contributed by atoms with Crippen LogP contribution >= 0.6 is 0 Å². The van der Waals surface area contributed by atoms with Crippen molar-refractivity contribution in [2.75, 3.05) is 13.2 Å². The third-order valence-corrected chi connectivity index (χ3v) is 4.65. The van der Waals surface area contributed by atoms with Crippen molar-refractivity contribution in [2.24, 2.45) is 10.2 Å². The topological polar surface area (TPSA) is 134 Å². The summed E-state index contributed by atoms with van der Waals surface area (Å²) in [5, 5.41) is 7.75. The smallest absolute Gasteiger partial charge is 0.163 e. The lowest BCUT2D eigenvalue weighted by Gasteiger charge is -2.26. The molecule has 1 saturated heterocycles. The van der Waals surface area contributed by atoms with Crippen LogP contribution in [-0.4, -0.2) is 43.3 Å². The van der Waals surface area contributed by atoms with Crippen molar-refractivity contribution in [2.45, 2.75) is 43.9 Å². The van der Waals surface area contributed by atoms with Crippen LogP contribution in [0, 0.1) is 0 Å². The van der Waals surface area contributed by atoms with Crippen molar-refractivity contribution < 1.29 is 18.9 Å². The molecule has 162 valence electrons. The van der Waals surface area contributed by atoms with Gasteiger partial charge in [-0.2, -0.15) is 0 Å². The number of hydrogen-bond acceptors (Lipinski definition) is 6. The fourth-order valence-corrected chi connectivity index (χ4v) is 3.33. The zero-order valence-corrected chi connectivity index (χ0v) is 17.3. The summed E-state index contributed by atoms with van der Waals surface area (Å²) in [6, 6.07) is 16.9. The van der Waals surface area contributed by atoms with Crippen molar-refractivity contribution in [3.8, 4) is 11.5 Å². The Bertz CT molecular complexity index is 854. The van der Waals surface area contributed by atoms with Crippen molar-refractivity contribution >= 4 is 0 Å². The van der Waals surface area contributed by atoms with Gasteiger partial charge in [-0.25, -0.2) is 0 Å². The maximum absolute atomic E-state index is 9.10. The number of para-hydroxylation sites is 2. The maximum atomic E-state index is 9.10. The molecule has 10 nitrogen and oxygen atoms in total. The predicted molar refractivity (Wildman–Crippen MR) is 114 cm³/mol. The van der Waals surface area contributed by atoms with Gasteiger partial charge in [-0.1, -0.05) is 46.6 Å². The zero-order chi connectivity index (χ0) is 22.1. The minimum atomic E-state index is -0.971. The summed E-state index contributed by atoms with van der Waals surface area (Å²) >= 11 is 0. The average molecular weight is 424 g/mol. The van der Waals surface area contributed by atoms with Gasteiger partial charge in [-0.15, -0.1) is 0 Å². The van der Waals surface area contributed by atoms with Gasteiger partial charge in [0.1, 0.15) is 23.6 Å². The molecule has 0 radical (unpaired) electrons. The van der Waals surface area contributed by atoms with Crippen LogP contribution in [0.5, 0.6) is 11.5 Å². The molecule has 0 aromatic heterocycles. The Balaban J connectivity index is 1.78. The Hall–Kier alpha value is -3.42. The summed E-state index contributed by atoms with van der Waals surface area (Å²) in [6.07, 6.45) is -1.41. The van der Waals surface area contributed by atoms with E-state index in [1.165, 1.54) is 0 Å². The molecule has 0 N–H and O–H groups in total. The molecule has 0 bridgehead atoms. The number of azide groups is 2. The zero-order valence-electron chi connectivity index (χ0n) is 17.3. The summed E-state index contributed by atoms with van der Waals surface area (Å²) in [7, 11) is 0. The average Bonchev–Trinajstić information content (AvgIpc) is 3.10. The van der Waals surface area contributed by atoms with Gasteiger partial charge in [0.05, 0.1) is 25.4 Å². The molecule has 1 aliphatic heterocycles. The molecule has 10 heteroatoms. The number of nitrogens with zero attached hydrogens (tertiary/aromatic N) is 6. The van der Waals surface area contributed by atoms with E-state index in [0.29, 0.717) is 11.5 Å². The molecule has 1 aliphatic rings. The first-order chi connectivity index (χ1) is 15.0. The Morgan fingerprint density at radius 2 is 1.19 bits per heavy atom. The highest BCUT2D eigenvalue weighted by Crippen LogP contribution is 2.34. The predicted octanol–water partition coefficient (Wildman–Crippen LogP) is 5.02. The highest BCUT2D eigenvalue weighted by atomic mass is 16.8. The van der Waals surface area contributed by atoms with Crippen LogP contribution < -0.4 is 9.47 Å². The van der Waals surface area contributed by atoms with E-state index in [0.717, 1.165) is 0 Å². The number of benzene rings is 2. The molecule has 3 rings (SSSR count). The summed E-state index contributed by atoms with van der Waals surface area (Å²) in [6.45, 7) is 3.63. The minimum Gasteiger partial charge on any atom is -0.493 e. The fourth-order valence-electron chi connectivity index (χ4n) is 3.33. The molecule has 31 heavy (non-hydrogen) atoms. The van der Waals surface area contributed by atoms with Crippen molar-refractivity contribution in [1.29, 1.82) is 0 Å². The first-order valence-electron chi connectivity index (χ1n) is 9.82. The number of hydrogen-bond donors (Lipinski definition) is 0. The van der Waals surface area contributed by atoms with Crippen LogP contribution in [0.15, 0.2) is 70.9 Å². The van der Waals surface area contributed by atoms with Gasteiger partial charge in [-0.05, 0) is 49.2 Å². The first kappa shape index (κ1) is 22.3. The summed E-state index contributed by atoms with van der Waals surface area (Å²) in [5.41, 5.74) is 18.2. The molecule has 0 saturated carbocycles. The second-order valence-corrected chi connectivity index (χ2v) is 7.36. The van der Waals surface area contributed by atoms with Gasteiger partial charge >= 0.3 is 0 Å². The molecule has 1 heterocycles. The SMILES string of the molecule is CC1(C)O[C@H]([C@@H](COc2ccccc2)N=[N+]=[N-])[C@@H]([C@@H](COc2ccccc2)N=[N+]=[N-])O1. The third-order valence-electron chi connectivity index (χ3n) is 4.65. The Kier molecular flexibility index (Phi) is 7.59. The Morgan fingerprint density at radius 1 is 0.806 bits per heavy atom. The molecule has 0 amide bonds. The van der Waals surface area contributed by atoms with Crippen LogP contribution in [0.2, 0.25) is 0 Å². The molecule has 1 fully saturated rings. The molecule has 4 atom stereocenters. The quantitative estimate of drug-likeness (QED) is 0.300. The summed E-state index contributed by atoms with van der Waals surface area (Å²) in [4.78, 5) is 5.90. The summed E-state index contributed by atoms with van der Waals surface area (Å²) in [5.74, 6) is 0.296. The van der Waals surface area contributed by atoms with Gasteiger partial charge < -0.3 is 18.9 Å². The van der Waals surface area contributed by atoms with E-state index >= 15 is 0 Å². The highest BCUT2D eigenvalue weighted by Gasteiger charge is 2.48. The lowest BCUT2D eigenvalue weighted by atomic mass is 10.0. The normalized spacial score (nSPS) is 21.2. The largest absolute Gasteiger partial charge is 0.493 e. The highest BCUT2D eigenvalue weighted by molar-refractivity contribution is 5.22. The van der Waals surface area contributed by atoms with Gasteiger partial charge in [0.15, 0.2) is 5.79 Å². The molecule has 0 unspecified atom stereocenters. The Labute approximate surface area is 179 Å². The van der Waals surface area contributed by atoms with Gasteiger partial charge in [0.2, 0.25) is 0 Å². The Morgan fingerprint density at radius 3 is 1.55 bits per heavy atom. The van der Waals surface area contributed by atoms with Crippen LogP contribution in [0.3, 0.4) is 0 Å². The van der Waals surface area contributed by atoms with E-state index in [9.17, 15) is 0 Å². The molecular formula is C21H24N6O4. The molecular weight excluding hydrogens is 400 g/mol. The number of rotatable bonds is 10. The molecule has 2 aromatic carbocycles. The molecule has 2 aromatic rings. The molecule has 0 spiro atoms. The third kappa shape index (κ3) is 6.28. The second-order valence-electron chi connectivity index (χ2n) is 7.36. The summed E-state index contributed by atoms with van der Waals surface area (Å²) < 4.78 is 23.6. The van der Waals surface area contributed by atoms with E-state index in [-0.39, 0.29) is 13.2 Å². The van der Waals surface area contributed by atoms with Crippen LogP contribution in [-0.2, 0) is 9.47 Å². The van der Waals surface area contributed by atoms with Crippen LogP contribution in [0.4, 0.5) is 0 Å². The van der Waals surface area contributed by atoms with Crippen LogP contribution in [0.25, 0.3) is 20.9 Å². The van der Waals surface area contributed by atoms with Crippen molar-refractivity contribution in [3.63, 3.8) is 0 Å². The molecule has 0 aliphatic carbocycles. The lowest BCUT2D eigenvalue weighted by molar-refractivity contribution is -0.150. The second kappa shape index (κ2) is 10.6. The van der Waals surface area contributed by atoms with Crippen molar-refractivity contribution in [3.05, 3.63) is 81.5 Å². The maximum Gasteiger partial charge on any atom is 0.163 e. The van der Waals surface area contributed by atoms with E-state index in [4.69, 9.17) is 30.0 Å². The van der Waals surface area contributed by atoms with Crippen LogP contribution in [0.1, 0.15) is 13.8 Å². The van der Waals surface area contributed by atoms with Gasteiger partial charge in [0, 0.05) is 9.82 Å². The van der Waals surface area contributed by atoms with E-state index in [2.05, 4.69) is 20.1 Å². The van der Waals surface area contributed by atoms with E-state index < -0.39 is 30.1 Å². The monoisotopic (exact) mass is 424 g/mol. The lowest BCUT2D eigenvalue weighted by Crippen LogP contribution is -2.45. The minimum absolute atomic E-state index is 0.0667.